The Balaban J connectivity index is 2.34. The van der Waals surface area contributed by atoms with E-state index < -0.39 is 0 Å². The Bertz CT molecular complexity index is 404. The molecule has 94 valence electrons. The second kappa shape index (κ2) is 5.14. The first kappa shape index (κ1) is 12.5. The summed E-state index contributed by atoms with van der Waals surface area (Å²) >= 11 is 1.62. The second-order valence-electron chi connectivity index (χ2n) is 4.47. The van der Waals surface area contributed by atoms with E-state index >= 15 is 0 Å². The minimum absolute atomic E-state index is 0.00269. The molecule has 2 rings (SSSR count). The molecular weight excluding hydrogens is 234 g/mol. The van der Waals surface area contributed by atoms with Gasteiger partial charge in [-0.1, -0.05) is 0 Å². The molecule has 1 aromatic heterocycles. The number of amides is 1. The molecular formula is C12H19N3OS. The van der Waals surface area contributed by atoms with E-state index in [2.05, 4.69) is 4.98 Å². The highest BCUT2D eigenvalue weighted by Crippen LogP contribution is 2.30. The molecule has 1 aliphatic heterocycles. The summed E-state index contributed by atoms with van der Waals surface area (Å²) in [5, 5.41) is 3.06. The van der Waals surface area contributed by atoms with Gasteiger partial charge in [-0.25, -0.2) is 4.98 Å². The van der Waals surface area contributed by atoms with E-state index in [0.717, 1.165) is 23.5 Å². The Morgan fingerprint density at radius 2 is 2.41 bits per heavy atom. The zero-order valence-electron chi connectivity index (χ0n) is 10.3. The zero-order valence-corrected chi connectivity index (χ0v) is 11.2. The highest BCUT2D eigenvalue weighted by Gasteiger charge is 2.33. The number of likely N-dealkylation sites (N-methyl/N-ethyl adjacent to an activating group) is 1. The largest absolute Gasteiger partial charge is 0.333 e. The number of nitrogens with zero attached hydrogens (tertiary/aromatic N) is 2. The van der Waals surface area contributed by atoms with Gasteiger partial charge in [-0.2, -0.15) is 0 Å². The van der Waals surface area contributed by atoms with Crippen molar-refractivity contribution in [1.82, 2.24) is 9.88 Å². The maximum atomic E-state index is 12.0. The van der Waals surface area contributed by atoms with Crippen LogP contribution in [0.5, 0.6) is 0 Å². The molecule has 4 nitrogen and oxygen atoms in total. The van der Waals surface area contributed by atoms with Crippen LogP contribution in [0.3, 0.4) is 0 Å². The average molecular weight is 253 g/mol. The minimum atomic E-state index is -0.0417. The van der Waals surface area contributed by atoms with Crippen LogP contribution in [0, 0.1) is 6.92 Å². The fourth-order valence-electron chi connectivity index (χ4n) is 2.44. The van der Waals surface area contributed by atoms with Crippen LogP contribution in [0.1, 0.15) is 42.9 Å². The molecule has 1 amide bonds. The SMILES string of the molecule is CCN1C(=O)CCCC(N)C1c1csc(C)n1. The summed E-state index contributed by atoms with van der Waals surface area (Å²) in [6.07, 6.45) is 2.39. The molecule has 1 saturated heterocycles. The molecule has 5 heteroatoms. The van der Waals surface area contributed by atoms with Gasteiger partial charge in [0.1, 0.15) is 0 Å². The van der Waals surface area contributed by atoms with Crippen LogP contribution in [-0.2, 0) is 4.79 Å². The van der Waals surface area contributed by atoms with E-state index in [1.807, 2.05) is 24.1 Å². The van der Waals surface area contributed by atoms with Crippen LogP contribution in [0.2, 0.25) is 0 Å². The van der Waals surface area contributed by atoms with Crippen LogP contribution in [0.25, 0.3) is 0 Å². The van der Waals surface area contributed by atoms with Crippen molar-refractivity contribution < 1.29 is 4.79 Å². The summed E-state index contributed by atoms with van der Waals surface area (Å²) in [7, 11) is 0. The first-order valence-corrected chi connectivity index (χ1v) is 6.98. The standard InChI is InChI=1S/C12H19N3OS/c1-3-15-11(16)6-4-5-9(13)12(15)10-7-17-8(2)14-10/h7,9,12H,3-6,13H2,1-2H3. The number of carbonyl (C=O) groups is 1. The van der Waals surface area contributed by atoms with Crippen molar-refractivity contribution in [2.75, 3.05) is 6.54 Å². The number of rotatable bonds is 2. The van der Waals surface area contributed by atoms with E-state index in [1.54, 1.807) is 11.3 Å². The number of thiazole rings is 1. The maximum absolute atomic E-state index is 12.0. The number of hydrogen-bond acceptors (Lipinski definition) is 4. The monoisotopic (exact) mass is 253 g/mol. The zero-order chi connectivity index (χ0) is 12.4. The Kier molecular flexibility index (Phi) is 3.79. The van der Waals surface area contributed by atoms with Gasteiger partial charge in [-0.15, -0.1) is 11.3 Å². The number of carbonyl (C=O) groups excluding carboxylic acids is 1. The van der Waals surface area contributed by atoms with E-state index in [-0.39, 0.29) is 18.0 Å². The third kappa shape index (κ3) is 2.50. The van der Waals surface area contributed by atoms with Crippen molar-refractivity contribution in [2.45, 2.75) is 45.2 Å². The third-order valence-electron chi connectivity index (χ3n) is 3.27. The summed E-state index contributed by atoms with van der Waals surface area (Å²) in [5.41, 5.74) is 7.17. The van der Waals surface area contributed by atoms with Crippen LogP contribution in [-0.4, -0.2) is 28.4 Å². The lowest BCUT2D eigenvalue weighted by Crippen LogP contribution is -2.42. The van der Waals surface area contributed by atoms with E-state index in [4.69, 9.17) is 5.73 Å². The van der Waals surface area contributed by atoms with Gasteiger partial charge in [0.05, 0.1) is 16.7 Å². The Labute approximate surface area is 106 Å². The summed E-state index contributed by atoms with van der Waals surface area (Å²) in [6.45, 7) is 4.68. The molecule has 17 heavy (non-hydrogen) atoms. The van der Waals surface area contributed by atoms with Crippen molar-refractivity contribution in [2.24, 2.45) is 5.73 Å². The third-order valence-corrected chi connectivity index (χ3v) is 4.06. The van der Waals surface area contributed by atoms with Crippen molar-refractivity contribution in [1.29, 1.82) is 0 Å². The molecule has 1 fully saturated rings. The predicted molar refractivity (Wildman–Crippen MR) is 68.8 cm³/mol. The number of aryl methyl sites for hydroxylation is 1. The molecule has 2 atom stereocenters. The van der Waals surface area contributed by atoms with Gasteiger partial charge < -0.3 is 10.6 Å². The lowest BCUT2D eigenvalue weighted by Gasteiger charge is -2.31. The lowest BCUT2D eigenvalue weighted by atomic mass is 10.0. The van der Waals surface area contributed by atoms with Crippen molar-refractivity contribution >= 4 is 17.2 Å². The molecule has 0 spiro atoms. The highest BCUT2D eigenvalue weighted by molar-refractivity contribution is 7.09. The lowest BCUT2D eigenvalue weighted by molar-refractivity contribution is -0.133. The van der Waals surface area contributed by atoms with Crippen LogP contribution in [0.4, 0.5) is 0 Å². The fraction of sp³-hybridized carbons (Fsp3) is 0.667. The molecule has 0 radical (unpaired) electrons. The molecule has 2 unspecified atom stereocenters. The molecule has 0 aromatic carbocycles. The van der Waals surface area contributed by atoms with E-state index in [1.165, 1.54) is 0 Å². The molecule has 0 bridgehead atoms. The van der Waals surface area contributed by atoms with Crippen LogP contribution in [0.15, 0.2) is 5.38 Å². The van der Waals surface area contributed by atoms with Crippen LogP contribution >= 0.6 is 11.3 Å². The number of nitrogens with two attached hydrogens (primary N) is 1. The second-order valence-corrected chi connectivity index (χ2v) is 5.53. The first-order chi connectivity index (χ1) is 8.13. The van der Waals surface area contributed by atoms with Gasteiger partial charge in [0.2, 0.25) is 5.91 Å². The summed E-state index contributed by atoms with van der Waals surface area (Å²) in [6, 6.07) is -0.0390. The predicted octanol–water partition coefficient (Wildman–Crippen LogP) is 1.85. The summed E-state index contributed by atoms with van der Waals surface area (Å²) < 4.78 is 0. The molecule has 1 aliphatic rings. The summed E-state index contributed by atoms with van der Waals surface area (Å²) in [5.74, 6) is 0.205. The van der Waals surface area contributed by atoms with Crippen molar-refractivity contribution in [3.8, 4) is 0 Å². The smallest absolute Gasteiger partial charge is 0.223 e. The van der Waals surface area contributed by atoms with Gasteiger partial charge in [0, 0.05) is 24.4 Å². The minimum Gasteiger partial charge on any atom is -0.333 e. The average Bonchev–Trinajstić information content (AvgIpc) is 2.65. The Morgan fingerprint density at radius 1 is 1.65 bits per heavy atom. The molecule has 0 saturated carbocycles. The van der Waals surface area contributed by atoms with Gasteiger partial charge in [0.25, 0.3) is 0 Å². The fourth-order valence-corrected chi connectivity index (χ4v) is 3.09. The maximum Gasteiger partial charge on any atom is 0.223 e. The van der Waals surface area contributed by atoms with Gasteiger partial charge in [-0.05, 0) is 26.7 Å². The number of likely N-dealkylation sites (tertiary alicyclic amines) is 1. The van der Waals surface area contributed by atoms with Gasteiger partial charge >= 0.3 is 0 Å². The van der Waals surface area contributed by atoms with Crippen molar-refractivity contribution in [3.63, 3.8) is 0 Å². The summed E-state index contributed by atoms with van der Waals surface area (Å²) in [4.78, 5) is 18.4. The topological polar surface area (TPSA) is 59.2 Å². The van der Waals surface area contributed by atoms with E-state index in [0.29, 0.717) is 13.0 Å². The number of hydrogen-bond donors (Lipinski definition) is 1. The number of aromatic nitrogens is 1. The molecule has 2 N–H and O–H groups in total. The Hall–Kier alpha value is -0.940. The van der Waals surface area contributed by atoms with Crippen molar-refractivity contribution in [3.05, 3.63) is 16.1 Å². The normalized spacial score (nSPS) is 26.1. The van der Waals surface area contributed by atoms with Gasteiger partial charge in [0.15, 0.2) is 0 Å². The molecule has 1 aromatic rings. The highest BCUT2D eigenvalue weighted by atomic mass is 32.1. The molecule has 2 heterocycles. The first-order valence-electron chi connectivity index (χ1n) is 6.10. The quantitative estimate of drug-likeness (QED) is 0.875. The molecule has 0 aliphatic carbocycles. The van der Waals surface area contributed by atoms with E-state index in [9.17, 15) is 4.79 Å². The van der Waals surface area contributed by atoms with Crippen LogP contribution < -0.4 is 5.73 Å². The van der Waals surface area contributed by atoms with Gasteiger partial charge in [-0.3, -0.25) is 4.79 Å². The Morgan fingerprint density at radius 3 is 3.00 bits per heavy atom.